The zero-order valence-electron chi connectivity index (χ0n) is 13.8. The Morgan fingerprint density at radius 2 is 2.21 bits per heavy atom. The van der Waals surface area contributed by atoms with Crippen LogP contribution in [0.25, 0.3) is 11.0 Å². The average Bonchev–Trinajstić information content (AvgIpc) is 3.18. The van der Waals surface area contributed by atoms with Crippen LogP contribution in [0.4, 0.5) is 0 Å². The van der Waals surface area contributed by atoms with E-state index in [1.165, 1.54) is 19.3 Å². The molecule has 24 heavy (non-hydrogen) atoms. The van der Waals surface area contributed by atoms with Gasteiger partial charge >= 0.3 is 0 Å². The molecule has 2 aliphatic rings. The number of carbonyl (C=O) groups excluding carboxylic acids is 1. The highest BCUT2D eigenvalue weighted by Gasteiger charge is 2.49. The standard InChI is InChI=1S/C19H24N2O2.ClH/c22-18(19-9-4-3-6-15(19)12-20-13-19)21-10-8-16-11-14-5-1-2-7-17(14)23-16;/h1-2,5,7,11,15,20H,3-4,6,8-10,12-13H2,(H,21,22);1H/t15-,19+;/m0./s1. The molecule has 2 atom stereocenters. The molecule has 4 nitrogen and oxygen atoms in total. The highest BCUT2D eigenvalue weighted by Crippen LogP contribution is 2.43. The minimum atomic E-state index is -0.161. The fourth-order valence-corrected chi connectivity index (χ4v) is 4.33. The lowest BCUT2D eigenvalue weighted by Gasteiger charge is -2.37. The third-order valence-corrected chi connectivity index (χ3v) is 5.62. The van der Waals surface area contributed by atoms with Crippen LogP contribution in [-0.4, -0.2) is 25.5 Å². The third kappa shape index (κ3) is 3.05. The van der Waals surface area contributed by atoms with Gasteiger partial charge in [-0.2, -0.15) is 0 Å². The predicted molar refractivity (Wildman–Crippen MR) is 97.4 cm³/mol. The van der Waals surface area contributed by atoms with Crippen molar-refractivity contribution < 1.29 is 9.21 Å². The maximum Gasteiger partial charge on any atom is 0.227 e. The summed E-state index contributed by atoms with van der Waals surface area (Å²) in [6, 6.07) is 10.1. The van der Waals surface area contributed by atoms with Gasteiger partial charge in [-0.3, -0.25) is 4.79 Å². The van der Waals surface area contributed by atoms with Crippen LogP contribution >= 0.6 is 12.4 Å². The number of rotatable bonds is 4. The van der Waals surface area contributed by atoms with Crippen molar-refractivity contribution >= 4 is 29.3 Å². The molecule has 0 unspecified atom stereocenters. The van der Waals surface area contributed by atoms with Crippen molar-refractivity contribution in [3.8, 4) is 0 Å². The van der Waals surface area contributed by atoms with Crippen molar-refractivity contribution in [3.05, 3.63) is 36.1 Å². The van der Waals surface area contributed by atoms with Crippen molar-refractivity contribution in [2.24, 2.45) is 11.3 Å². The number of fused-ring (bicyclic) bond motifs is 2. The van der Waals surface area contributed by atoms with Gasteiger partial charge in [-0.15, -0.1) is 12.4 Å². The Morgan fingerprint density at radius 3 is 3.08 bits per heavy atom. The summed E-state index contributed by atoms with van der Waals surface area (Å²) >= 11 is 0. The van der Waals surface area contributed by atoms with Crippen LogP contribution in [0.2, 0.25) is 0 Å². The number of carbonyl (C=O) groups is 1. The van der Waals surface area contributed by atoms with Crippen LogP contribution in [-0.2, 0) is 11.2 Å². The van der Waals surface area contributed by atoms with Gasteiger partial charge in [-0.1, -0.05) is 31.0 Å². The highest BCUT2D eigenvalue weighted by atomic mass is 35.5. The molecule has 1 aliphatic carbocycles. The van der Waals surface area contributed by atoms with Gasteiger partial charge in [0.1, 0.15) is 11.3 Å². The quantitative estimate of drug-likeness (QED) is 0.891. The maximum atomic E-state index is 12.8. The summed E-state index contributed by atoms with van der Waals surface area (Å²) in [5.41, 5.74) is 0.756. The van der Waals surface area contributed by atoms with Gasteiger partial charge < -0.3 is 15.1 Å². The van der Waals surface area contributed by atoms with E-state index in [-0.39, 0.29) is 23.7 Å². The Labute approximate surface area is 148 Å². The Kier molecular flexibility index (Phi) is 5.16. The lowest BCUT2D eigenvalue weighted by molar-refractivity contribution is -0.133. The summed E-state index contributed by atoms with van der Waals surface area (Å²) < 4.78 is 5.82. The molecule has 0 radical (unpaired) electrons. The molecule has 1 aliphatic heterocycles. The molecule has 0 spiro atoms. The fourth-order valence-electron chi connectivity index (χ4n) is 4.33. The Balaban J connectivity index is 0.00000169. The lowest BCUT2D eigenvalue weighted by Crippen LogP contribution is -2.48. The second kappa shape index (κ2) is 7.16. The molecule has 1 saturated carbocycles. The van der Waals surface area contributed by atoms with E-state index in [0.717, 1.165) is 42.7 Å². The molecule has 2 N–H and O–H groups in total. The number of furan rings is 1. The molecule has 1 aromatic heterocycles. The SMILES string of the molecule is Cl.O=C(NCCc1cc2ccccc2o1)[C@@]12CCCC[C@H]1CNC2. The summed E-state index contributed by atoms with van der Waals surface area (Å²) in [5, 5.41) is 7.73. The first-order valence-electron chi connectivity index (χ1n) is 8.74. The van der Waals surface area contributed by atoms with Gasteiger partial charge in [0.25, 0.3) is 0 Å². The van der Waals surface area contributed by atoms with Crippen molar-refractivity contribution in [2.75, 3.05) is 19.6 Å². The third-order valence-electron chi connectivity index (χ3n) is 5.62. The average molecular weight is 349 g/mol. The van der Waals surface area contributed by atoms with Crippen molar-refractivity contribution in [2.45, 2.75) is 32.1 Å². The van der Waals surface area contributed by atoms with Gasteiger partial charge in [0, 0.05) is 24.9 Å². The van der Waals surface area contributed by atoms with E-state index < -0.39 is 0 Å². The summed E-state index contributed by atoms with van der Waals surface area (Å²) in [4.78, 5) is 12.8. The number of halogens is 1. The minimum absolute atomic E-state index is 0. The first kappa shape index (κ1) is 17.3. The second-order valence-electron chi connectivity index (χ2n) is 6.99. The molecule has 4 rings (SSSR count). The molecule has 1 saturated heterocycles. The van der Waals surface area contributed by atoms with E-state index in [4.69, 9.17) is 4.42 Å². The van der Waals surface area contributed by atoms with Crippen LogP contribution in [0.1, 0.15) is 31.4 Å². The van der Waals surface area contributed by atoms with Gasteiger partial charge in [0.2, 0.25) is 5.91 Å². The minimum Gasteiger partial charge on any atom is -0.461 e. The summed E-state index contributed by atoms with van der Waals surface area (Å²) in [6.07, 6.45) is 5.40. The number of benzene rings is 1. The molecular formula is C19H25ClN2O2. The number of hydrogen-bond donors (Lipinski definition) is 2. The topological polar surface area (TPSA) is 54.3 Å². The maximum absolute atomic E-state index is 12.8. The van der Waals surface area contributed by atoms with E-state index in [0.29, 0.717) is 12.5 Å². The Bertz CT molecular complexity index is 681. The first-order valence-corrected chi connectivity index (χ1v) is 8.74. The van der Waals surface area contributed by atoms with Gasteiger partial charge in [0.05, 0.1) is 5.41 Å². The Hall–Kier alpha value is -1.52. The number of amides is 1. The van der Waals surface area contributed by atoms with Crippen molar-refractivity contribution in [1.82, 2.24) is 10.6 Å². The van der Waals surface area contributed by atoms with E-state index in [9.17, 15) is 4.79 Å². The van der Waals surface area contributed by atoms with Crippen LogP contribution in [0.5, 0.6) is 0 Å². The smallest absolute Gasteiger partial charge is 0.227 e. The molecule has 130 valence electrons. The predicted octanol–water partition coefficient (Wildman–Crippen LogP) is 3.29. The normalized spacial score (nSPS) is 25.9. The Morgan fingerprint density at radius 1 is 1.33 bits per heavy atom. The van der Waals surface area contributed by atoms with E-state index in [1.54, 1.807) is 0 Å². The molecule has 0 bridgehead atoms. The summed E-state index contributed by atoms with van der Waals surface area (Å²) in [6.45, 7) is 2.48. The summed E-state index contributed by atoms with van der Waals surface area (Å²) in [7, 11) is 0. The van der Waals surface area contributed by atoms with Crippen molar-refractivity contribution in [1.29, 1.82) is 0 Å². The number of nitrogens with one attached hydrogen (secondary N) is 2. The molecule has 2 aromatic rings. The van der Waals surface area contributed by atoms with E-state index in [1.807, 2.05) is 18.2 Å². The monoisotopic (exact) mass is 348 g/mol. The van der Waals surface area contributed by atoms with E-state index in [2.05, 4.69) is 22.8 Å². The van der Waals surface area contributed by atoms with Crippen LogP contribution in [0.15, 0.2) is 34.7 Å². The molecule has 1 aromatic carbocycles. The zero-order valence-corrected chi connectivity index (χ0v) is 14.7. The molecular weight excluding hydrogens is 324 g/mol. The largest absolute Gasteiger partial charge is 0.461 e. The van der Waals surface area contributed by atoms with Gasteiger partial charge in [-0.05, 0) is 37.4 Å². The van der Waals surface area contributed by atoms with Crippen LogP contribution in [0, 0.1) is 11.3 Å². The molecule has 2 fully saturated rings. The van der Waals surface area contributed by atoms with Crippen LogP contribution in [0.3, 0.4) is 0 Å². The van der Waals surface area contributed by atoms with Crippen LogP contribution < -0.4 is 10.6 Å². The zero-order chi connectivity index (χ0) is 15.7. The number of hydrogen-bond acceptors (Lipinski definition) is 3. The highest BCUT2D eigenvalue weighted by molar-refractivity contribution is 5.85. The summed E-state index contributed by atoms with van der Waals surface area (Å²) in [5.74, 6) is 1.69. The van der Waals surface area contributed by atoms with Gasteiger partial charge in [0.15, 0.2) is 0 Å². The fraction of sp³-hybridized carbons (Fsp3) is 0.526. The molecule has 2 heterocycles. The van der Waals surface area contributed by atoms with E-state index >= 15 is 0 Å². The van der Waals surface area contributed by atoms with Gasteiger partial charge in [-0.25, -0.2) is 0 Å². The second-order valence-corrected chi connectivity index (χ2v) is 6.99. The number of para-hydroxylation sites is 1. The molecule has 1 amide bonds. The molecule has 5 heteroatoms. The van der Waals surface area contributed by atoms with Crippen molar-refractivity contribution in [3.63, 3.8) is 0 Å². The first-order chi connectivity index (χ1) is 11.3. The lowest BCUT2D eigenvalue weighted by atomic mass is 9.67.